The summed E-state index contributed by atoms with van der Waals surface area (Å²) < 4.78 is 174. The van der Waals surface area contributed by atoms with Gasteiger partial charge in [0.05, 0.1) is 49.6 Å². The van der Waals surface area contributed by atoms with Crippen LogP contribution in [-0.2, 0) is 50.6 Å². The van der Waals surface area contributed by atoms with Crippen LogP contribution in [0, 0.1) is 0 Å². The first-order chi connectivity index (χ1) is 39.9. The average Bonchev–Trinajstić information content (AvgIpc) is 1.38. The monoisotopic (exact) mass is 1250 g/mol. The molecule has 33 heteroatoms. The molecule has 432 valence electrons. The molecule has 10 aromatic rings. The molecule has 10 rings (SSSR count). The van der Waals surface area contributed by atoms with Gasteiger partial charge in [0.25, 0.3) is 50.6 Å². The summed E-state index contributed by atoms with van der Waals surface area (Å²) in [7, 11) is -24.6. The Balaban J connectivity index is 0.924. The van der Waals surface area contributed by atoms with Crippen LogP contribution in [0.3, 0.4) is 0 Å². The molecule has 0 aromatic heterocycles. The molecule has 12 N–H and O–H groups in total. The van der Waals surface area contributed by atoms with Gasteiger partial charge in [-0.05, 0) is 144 Å². The first kappa shape index (κ1) is 58.4. The van der Waals surface area contributed by atoms with E-state index in [1.807, 2.05) is 0 Å². The van der Waals surface area contributed by atoms with Crippen LogP contribution in [0.4, 0.5) is 68.2 Å². The Labute approximate surface area is 479 Å². The number of rotatable bonds is 15. The fourth-order valence-electron chi connectivity index (χ4n) is 8.66. The number of phenolic OH excluding ortho intramolecular Hbond substituents is 2. The molecule has 0 fully saturated rings. The Morgan fingerprint density at radius 2 is 0.753 bits per heavy atom. The molecule has 0 bridgehead atoms. The third-order valence-corrected chi connectivity index (χ3v) is 17.0. The molecule has 0 saturated heterocycles. The standard InChI is InChI=1S/C52H37N11O17S5/c53-28-3-11-35-27(19-28)21-48(85(78,79)80)49(51(35)64)62-60-41-15-17-43(39-24-33(81(66,67)68)9-12-36(39)41)58-56-31-6-4-30(5-7-31)55-45-14-8-32(23-46(45)83(72,73)74)57-59-44-18-16-42(37-13-10-34(25-40(37)44)82(69,70)71)61-63-50-47(84(75,76)77)20-26-1-2-29(54)22-38(26)52(50)65/h1-25,55,64-65H,53-54H2,(H,66,67,68)(H,69,70,71)(H,72,73,74)(H,75,76,77)(H,78,79,80). The first-order valence-electron chi connectivity index (χ1n) is 23.7. The number of aromatic hydroxyl groups is 2. The molecule has 0 saturated carbocycles. The van der Waals surface area contributed by atoms with Crippen LogP contribution in [-0.4, -0.2) is 75.1 Å². The van der Waals surface area contributed by atoms with Crippen LogP contribution in [0.15, 0.2) is 217 Å². The highest BCUT2D eigenvalue weighted by molar-refractivity contribution is 7.87. The number of hydrogen-bond donors (Lipinski definition) is 10. The zero-order valence-corrected chi connectivity index (χ0v) is 46.5. The highest BCUT2D eigenvalue weighted by atomic mass is 32.2. The summed E-state index contributed by atoms with van der Waals surface area (Å²) in [6.45, 7) is 0. The summed E-state index contributed by atoms with van der Waals surface area (Å²) in [5.41, 5.74) is 10.8. The van der Waals surface area contributed by atoms with E-state index in [-0.39, 0.29) is 100.0 Å². The molecular weight excluding hydrogens is 1210 g/mol. The first-order valence-corrected chi connectivity index (χ1v) is 30.9. The van der Waals surface area contributed by atoms with E-state index in [1.165, 1.54) is 109 Å². The van der Waals surface area contributed by atoms with E-state index in [4.69, 9.17) is 11.5 Å². The second-order valence-electron chi connectivity index (χ2n) is 18.3. The van der Waals surface area contributed by atoms with Crippen LogP contribution in [0.25, 0.3) is 43.1 Å². The predicted octanol–water partition coefficient (Wildman–Crippen LogP) is 12.5. The van der Waals surface area contributed by atoms with Gasteiger partial charge in [-0.25, -0.2) is 0 Å². The van der Waals surface area contributed by atoms with E-state index in [1.54, 1.807) is 0 Å². The average molecular weight is 1250 g/mol. The van der Waals surface area contributed by atoms with Crippen LogP contribution in [0.2, 0.25) is 0 Å². The topological polar surface area (TPSA) is 475 Å². The number of anilines is 4. The zero-order chi connectivity index (χ0) is 61.1. The van der Waals surface area contributed by atoms with Crippen molar-refractivity contribution in [1.82, 2.24) is 0 Å². The maximum absolute atomic E-state index is 12.8. The largest absolute Gasteiger partial charge is 0.505 e. The van der Waals surface area contributed by atoms with Gasteiger partial charge in [0.1, 0.15) is 26.1 Å². The number of hydrogen-bond acceptors (Lipinski definition) is 23. The third-order valence-electron chi connectivity index (χ3n) is 12.6. The number of fused-ring (bicyclic) bond motifs is 4. The van der Waals surface area contributed by atoms with Crippen molar-refractivity contribution in [2.24, 2.45) is 40.9 Å². The highest BCUT2D eigenvalue weighted by Gasteiger charge is 2.25. The van der Waals surface area contributed by atoms with Gasteiger partial charge in [-0.2, -0.15) is 52.3 Å². The van der Waals surface area contributed by atoms with Crippen molar-refractivity contribution in [3.8, 4) is 11.5 Å². The number of azo groups is 4. The summed E-state index contributed by atoms with van der Waals surface area (Å²) in [4.78, 5) is -3.42. The minimum Gasteiger partial charge on any atom is -0.505 e. The van der Waals surface area contributed by atoms with Gasteiger partial charge in [0.2, 0.25) is 0 Å². The molecule has 0 aliphatic rings. The van der Waals surface area contributed by atoms with Crippen molar-refractivity contribution in [1.29, 1.82) is 0 Å². The van der Waals surface area contributed by atoms with Gasteiger partial charge >= 0.3 is 0 Å². The molecule has 28 nitrogen and oxygen atoms in total. The number of nitrogens with two attached hydrogens (primary N) is 2. The van der Waals surface area contributed by atoms with E-state index in [2.05, 4.69) is 46.2 Å². The fourth-order valence-corrected chi connectivity index (χ4v) is 11.7. The quantitative estimate of drug-likeness (QED) is 0.0259. The minimum atomic E-state index is -5.01. The second kappa shape index (κ2) is 21.7. The van der Waals surface area contributed by atoms with Gasteiger partial charge in [-0.15, -0.1) is 30.7 Å². The summed E-state index contributed by atoms with van der Waals surface area (Å²) >= 11 is 0. The number of phenols is 2. The Hall–Kier alpha value is -9.81. The summed E-state index contributed by atoms with van der Waals surface area (Å²) in [6.07, 6.45) is 0. The summed E-state index contributed by atoms with van der Waals surface area (Å²) in [5.74, 6) is -1.35. The third kappa shape index (κ3) is 12.3. The number of nitrogen functional groups attached to an aromatic ring is 2. The normalized spacial score (nSPS) is 13.0. The van der Waals surface area contributed by atoms with Crippen molar-refractivity contribution in [3.63, 3.8) is 0 Å². The molecule has 0 amide bonds. The van der Waals surface area contributed by atoms with Crippen molar-refractivity contribution in [2.45, 2.75) is 24.5 Å². The van der Waals surface area contributed by atoms with Crippen molar-refractivity contribution in [3.05, 3.63) is 152 Å². The second-order valence-corrected chi connectivity index (χ2v) is 25.3. The van der Waals surface area contributed by atoms with Crippen molar-refractivity contribution < 1.29 is 75.1 Å². The predicted molar refractivity (Wildman–Crippen MR) is 310 cm³/mol. The minimum absolute atomic E-state index is 0.0151. The van der Waals surface area contributed by atoms with Crippen LogP contribution >= 0.6 is 0 Å². The molecule has 0 unspecified atom stereocenters. The summed E-state index contributed by atoms with van der Waals surface area (Å²) in [6, 6.07) is 31.6. The number of benzene rings is 10. The van der Waals surface area contributed by atoms with Crippen LogP contribution < -0.4 is 16.8 Å². The molecular formula is C52H37N11O17S5. The maximum Gasteiger partial charge on any atom is 0.296 e. The lowest BCUT2D eigenvalue weighted by Crippen LogP contribution is -2.03. The van der Waals surface area contributed by atoms with Crippen LogP contribution in [0.5, 0.6) is 11.5 Å². The van der Waals surface area contributed by atoms with E-state index in [0.717, 1.165) is 42.5 Å². The number of nitrogens with one attached hydrogen (secondary N) is 1. The lowest BCUT2D eigenvalue weighted by atomic mass is 10.1. The Morgan fingerprint density at radius 3 is 1.26 bits per heavy atom. The summed E-state index contributed by atoms with van der Waals surface area (Å²) in [5, 5.41) is 58.7. The van der Waals surface area contributed by atoms with E-state index < -0.39 is 97.9 Å². The molecule has 0 radical (unpaired) electrons. The van der Waals surface area contributed by atoms with E-state index in [9.17, 15) is 75.1 Å². The van der Waals surface area contributed by atoms with Crippen molar-refractivity contribution in [2.75, 3.05) is 16.8 Å². The molecule has 85 heavy (non-hydrogen) atoms. The van der Waals surface area contributed by atoms with E-state index in [0.29, 0.717) is 0 Å². The Morgan fingerprint density at radius 1 is 0.329 bits per heavy atom. The maximum atomic E-state index is 12.8. The van der Waals surface area contributed by atoms with Gasteiger partial charge in [-0.3, -0.25) is 22.8 Å². The molecule has 0 spiro atoms. The number of nitrogens with zero attached hydrogens (tertiary/aromatic N) is 8. The fraction of sp³-hybridized carbons (Fsp3) is 0. The molecule has 0 aliphatic carbocycles. The lowest BCUT2D eigenvalue weighted by molar-refractivity contribution is 0.472. The van der Waals surface area contributed by atoms with Gasteiger partial charge in [0.15, 0.2) is 11.5 Å². The molecule has 0 atom stereocenters. The van der Waals surface area contributed by atoms with Crippen LogP contribution in [0.1, 0.15) is 0 Å². The van der Waals surface area contributed by atoms with Crippen molar-refractivity contribution >= 4 is 162 Å². The van der Waals surface area contributed by atoms with Gasteiger partial charge < -0.3 is 27.0 Å². The lowest BCUT2D eigenvalue weighted by Gasteiger charge is -2.11. The Bertz CT molecular complexity index is 5250. The molecule has 0 heterocycles. The van der Waals surface area contributed by atoms with Gasteiger partial charge in [-0.1, -0.05) is 18.2 Å². The smallest absolute Gasteiger partial charge is 0.296 e. The molecule has 0 aliphatic heterocycles. The Kier molecular flexibility index (Phi) is 14.9. The van der Waals surface area contributed by atoms with Gasteiger partial charge in [0, 0.05) is 49.4 Å². The van der Waals surface area contributed by atoms with E-state index >= 15 is 0 Å². The highest BCUT2D eigenvalue weighted by Crippen LogP contribution is 2.46. The zero-order valence-electron chi connectivity index (χ0n) is 42.4. The SMILES string of the molecule is Nc1ccc2c(O)c(N=Nc3ccc(N=Nc4ccc(Nc5ccc(N=Nc6ccc(N=Nc7c(S(=O)(=O)O)cc8ccc(N)cc8c7O)c7ccc(S(=O)(=O)O)cc67)cc5S(=O)(=O)O)cc4)c4cc(S(=O)(=O)O)ccc34)c(S(=O)(=O)O)cc2c1. The molecule has 10 aromatic carbocycles.